The average molecular weight is 479 g/mol. The van der Waals surface area contributed by atoms with E-state index in [1.807, 2.05) is 24.0 Å². The van der Waals surface area contributed by atoms with Crippen molar-refractivity contribution in [3.63, 3.8) is 0 Å². The van der Waals surface area contributed by atoms with Crippen molar-refractivity contribution >= 4 is 28.8 Å². The molecule has 0 saturated heterocycles. The number of aliphatic hydroxyl groups excluding tert-OH is 1. The molecule has 1 aliphatic heterocycles. The van der Waals surface area contributed by atoms with Crippen LogP contribution in [0.1, 0.15) is 36.2 Å². The highest BCUT2D eigenvalue weighted by Crippen LogP contribution is 2.35. The van der Waals surface area contributed by atoms with Crippen LogP contribution in [0.25, 0.3) is 0 Å². The van der Waals surface area contributed by atoms with Gasteiger partial charge in [0, 0.05) is 35.6 Å². The summed E-state index contributed by atoms with van der Waals surface area (Å²) in [5.74, 6) is 0.824. The van der Waals surface area contributed by atoms with Gasteiger partial charge in [0.2, 0.25) is 5.91 Å². The van der Waals surface area contributed by atoms with Gasteiger partial charge in [-0.25, -0.2) is 0 Å². The predicted octanol–water partition coefficient (Wildman–Crippen LogP) is 3.77. The Morgan fingerprint density at radius 2 is 2.09 bits per heavy atom. The fraction of sp³-hybridized carbons (Fsp3) is 0.542. The number of thiophene rings is 1. The first-order chi connectivity index (χ1) is 15.5. The van der Waals surface area contributed by atoms with Gasteiger partial charge in [0.15, 0.2) is 0 Å². The maximum atomic E-state index is 13.4. The number of nitrogens with zero attached hydrogens (tertiary/aromatic N) is 2. The van der Waals surface area contributed by atoms with Gasteiger partial charge in [0.05, 0.1) is 25.3 Å². The molecule has 32 heavy (non-hydrogen) atoms. The van der Waals surface area contributed by atoms with Crippen molar-refractivity contribution in [1.82, 2.24) is 9.80 Å². The van der Waals surface area contributed by atoms with E-state index in [0.29, 0.717) is 50.5 Å². The van der Waals surface area contributed by atoms with Crippen molar-refractivity contribution in [2.45, 2.75) is 44.4 Å². The summed E-state index contributed by atoms with van der Waals surface area (Å²) in [7, 11) is 0. The first-order valence-corrected chi connectivity index (χ1v) is 12.5. The second kappa shape index (κ2) is 11.0. The van der Waals surface area contributed by atoms with Crippen molar-refractivity contribution in [3.05, 3.63) is 51.2 Å². The SMILES string of the molecule is CCOC[C@H](O)CN(CC(=O)N1CCc2sccc2[C@H]1COc1ccc(Cl)cc1)C1CC1. The molecule has 0 spiro atoms. The van der Waals surface area contributed by atoms with Crippen LogP contribution in [0.2, 0.25) is 5.02 Å². The number of benzene rings is 1. The molecule has 1 aromatic carbocycles. The van der Waals surface area contributed by atoms with Crippen molar-refractivity contribution in [1.29, 1.82) is 0 Å². The van der Waals surface area contributed by atoms with E-state index in [9.17, 15) is 9.90 Å². The molecule has 4 rings (SSSR count). The zero-order valence-electron chi connectivity index (χ0n) is 18.4. The Labute approximate surface area is 198 Å². The Balaban J connectivity index is 1.43. The number of amides is 1. The Bertz CT molecular complexity index is 886. The molecule has 6 nitrogen and oxygen atoms in total. The maximum Gasteiger partial charge on any atom is 0.237 e. The third-order valence-corrected chi connectivity index (χ3v) is 7.25. The van der Waals surface area contributed by atoms with Gasteiger partial charge in [-0.05, 0) is 67.5 Å². The number of carbonyl (C=O) groups excluding carboxylic acids is 1. The van der Waals surface area contributed by atoms with Gasteiger partial charge in [0.1, 0.15) is 12.4 Å². The van der Waals surface area contributed by atoms with Crippen LogP contribution in [-0.2, 0) is 16.0 Å². The van der Waals surface area contributed by atoms with Gasteiger partial charge in [-0.15, -0.1) is 11.3 Å². The van der Waals surface area contributed by atoms with Crippen LogP contribution < -0.4 is 4.74 Å². The summed E-state index contributed by atoms with van der Waals surface area (Å²) in [6, 6.07) is 9.67. The summed E-state index contributed by atoms with van der Waals surface area (Å²) < 4.78 is 11.4. The Morgan fingerprint density at radius 1 is 1.31 bits per heavy atom. The van der Waals surface area contributed by atoms with Gasteiger partial charge in [0.25, 0.3) is 0 Å². The first-order valence-electron chi connectivity index (χ1n) is 11.3. The molecule has 2 heterocycles. The molecule has 0 bridgehead atoms. The molecule has 2 atom stereocenters. The van der Waals surface area contributed by atoms with Gasteiger partial charge in [-0.1, -0.05) is 11.6 Å². The molecule has 1 aromatic heterocycles. The van der Waals surface area contributed by atoms with E-state index >= 15 is 0 Å². The lowest BCUT2D eigenvalue weighted by Crippen LogP contribution is -2.48. The van der Waals surface area contributed by atoms with Gasteiger partial charge in [-0.3, -0.25) is 9.69 Å². The summed E-state index contributed by atoms with van der Waals surface area (Å²) in [4.78, 5) is 18.8. The summed E-state index contributed by atoms with van der Waals surface area (Å²) in [5, 5.41) is 13.1. The Morgan fingerprint density at radius 3 is 2.81 bits per heavy atom. The van der Waals surface area contributed by atoms with Gasteiger partial charge >= 0.3 is 0 Å². The van der Waals surface area contributed by atoms with E-state index in [1.165, 1.54) is 10.4 Å². The lowest BCUT2D eigenvalue weighted by molar-refractivity contribution is -0.136. The highest BCUT2D eigenvalue weighted by Gasteiger charge is 2.36. The van der Waals surface area contributed by atoms with Crippen LogP contribution in [0.5, 0.6) is 5.75 Å². The molecule has 1 amide bonds. The third-order valence-electron chi connectivity index (χ3n) is 6.00. The molecule has 1 saturated carbocycles. The number of carbonyl (C=O) groups is 1. The highest BCUT2D eigenvalue weighted by molar-refractivity contribution is 7.10. The fourth-order valence-corrected chi connectivity index (χ4v) is 5.26. The molecule has 2 aliphatic rings. The van der Waals surface area contributed by atoms with Crippen LogP contribution in [0.4, 0.5) is 0 Å². The van der Waals surface area contributed by atoms with Crippen LogP contribution >= 0.6 is 22.9 Å². The van der Waals surface area contributed by atoms with Gasteiger partial charge < -0.3 is 19.5 Å². The topological polar surface area (TPSA) is 62.2 Å². The maximum absolute atomic E-state index is 13.4. The zero-order valence-corrected chi connectivity index (χ0v) is 20.0. The molecular weight excluding hydrogens is 448 g/mol. The van der Waals surface area contributed by atoms with Crippen LogP contribution in [0.15, 0.2) is 35.7 Å². The Kier molecular flexibility index (Phi) is 8.07. The van der Waals surface area contributed by atoms with E-state index in [4.69, 9.17) is 21.1 Å². The summed E-state index contributed by atoms with van der Waals surface area (Å²) in [6.45, 7) is 4.63. The van der Waals surface area contributed by atoms with E-state index in [-0.39, 0.29) is 11.9 Å². The molecule has 0 radical (unpaired) electrons. The number of hydrogen-bond acceptors (Lipinski definition) is 6. The smallest absolute Gasteiger partial charge is 0.237 e. The largest absolute Gasteiger partial charge is 0.491 e. The predicted molar refractivity (Wildman–Crippen MR) is 127 cm³/mol. The number of ether oxygens (including phenoxy) is 2. The average Bonchev–Trinajstić information content (AvgIpc) is 3.53. The lowest BCUT2D eigenvalue weighted by Gasteiger charge is -2.37. The number of rotatable bonds is 11. The highest BCUT2D eigenvalue weighted by atomic mass is 35.5. The monoisotopic (exact) mass is 478 g/mol. The molecule has 0 unspecified atom stereocenters. The number of halogens is 1. The van der Waals surface area contributed by atoms with E-state index in [0.717, 1.165) is 25.0 Å². The fourth-order valence-electron chi connectivity index (χ4n) is 4.20. The summed E-state index contributed by atoms with van der Waals surface area (Å²) in [5.41, 5.74) is 1.18. The zero-order chi connectivity index (χ0) is 22.5. The minimum Gasteiger partial charge on any atom is -0.491 e. The molecule has 1 fully saturated rings. The van der Waals surface area contributed by atoms with Crippen molar-refractivity contribution in [2.75, 3.05) is 39.5 Å². The quantitative estimate of drug-likeness (QED) is 0.532. The van der Waals surface area contributed by atoms with E-state index < -0.39 is 6.10 Å². The molecule has 8 heteroatoms. The van der Waals surface area contributed by atoms with E-state index in [2.05, 4.69) is 16.3 Å². The summed E-state index contributed by atoms with van der Waals surface area (Å²) in [6.07, 6.45) is 2.43. The van der Waals surface area contributed by atoms with Crippen molar-refractivity contribution < 1.29 is 19.4 Å². The first kappa shape index (κ1) is 23.5. The lowest BCUT2D eigenvalue weighted by atomic mass is 10.0. The molecular formula is C24H31ClN2O4S. The van der Waals surface area contributed by atoms with Crippen LogP contribution in [0.3, 0.4) is 0 Å². The van der Waals surface area contributed by atoms with Crippen LogP contribution in [0, 0.1) is 0 Å². The summed E-state index contributed by atoms with van der Waals surface area (Å²) >= 11 is 7.73. The molecule has 174 valence electrons. The molecule has 1 N–H and O–H groups in total. The van der Waals surface area contributed by atoms with Crippen LogP contribution in [-0.4, -0.2) is 72.4 Å². The standard InChI is InChI=1S/C24H31ClN2O4S/c1-2-30-15-19(28)13-26(18-5-6-18)14-24(29)27-11-9-23-21(10-12-32-23)22(27)16-31-20-7-3-17(25)4-8-20/h3-4,7-8,10,12,18-19,22,28H,2,5-6,9,11,13-16H2,1H3/t19-,22-/m1/s1. The Hall–Kier alpha value is -1.64. The van der Waals surface area contributed by atoms with Crippen molar-refractivity contribution in [2.24, 2.45) is 0 Å². The second-order valence-corrected chi connectivity index (χ2v) is 9.83. The molecule has 2 aromatic rings. The minimum atomic E-state index is -0.586. The van der Waals surface area contributed by atoms with Crippen molar-refractivity contribution in [3.8, 4) is 5.75 Å². The molecule has 1 aliphatic carbocycles. The second-order valence-electron chi connectivity index (χ2n) is 8.39. The van der Waals surface area contributed by atoms with E-state index in [1.54, 1.807) is 23.5 Å². The minimum absolute atomic E-state index is 0.0852. The number of hydrogen-bond donors (Lipinski definition) is 1. The third kappa shape index (κ3) is 6.02. The van der Waals surface area contributed by atoms with Gasteiger partial charge in [-0.2, -0.15) is 0 Å². The number of aliphatic hydroxyl groups is 1. The normalized spacial score (nSPS) is 19.1. The number of fused-ring (bicyclic) bond motifs is 1.